The van der Waals surface area contributed by atoms with Crippen molar-refractivity contribution >= 4 is 15.9 Å². The van der Waals surface area contributed by atoms with E-state index in [0.717, 1.165) is 11.1 Å². The lowest BCUT2D eigenvalue weighted by molar-refractivity contribution is -0.126. The van der Waals surface area contributed by atoms with E-state index in [2.05, 4.69) is 15.5 Å². The van der Waals surface area contributed by atoms with E-state index < -0.39 is 10.0 Å². The molecule has 1 N–H and O–H groups in total. The lowest BCUT2D eigenvalue weighted by atomic mass is 9.97. The largest absolute Gasteiger partial charge is 0.347 e. The minimum absolute atomic E-state index is 0.0876. The number of carbonyl (C=O) groups is 1. The first-order valence-electron chi connectivity index (χ1n) is 9.04. The van der Waals surface area contributed by atoms with Crippen molar-refractivity contribution in [3.05, 3.63) is 35.7 Å². The first kappa shape index (κ1) is 19.5. The van der Waals surface area contributed by atoms with Crippen molar-refractivity contribution in [3.63, 3.8) is 0 Å². The van der Waals surface area contributed by atoms with Gasteiger partial charge in [-0.05, 0) is 32.8 Å². The van der Waals surface area contributed by atoms with Crippen LogP contribution in [-0.2, 0) is 21.4 Å². The van der Waals surface area contributed by atoms with Gasteiger partial charge in [-0.1, -0.05) is 28.9 Å². The standard InChI is InChI=1S/C18H24N4O4S/c1-3-27(24,25)22-9-7-14(8-10-22)18(23)19-12-16-20-17(21-26-16)15-6-4-5-13(2)11-15/h4-6,11,14H,3,7-10,12H2,1-2H3,(H,19,23). The minimum atomic E-state index is -3.18. The average Bonchev–Trinajstić information content (AvgIpc) is 3.15. The fourth-order valence-corrected chi connectivity index (χ4v) is 4.25. The molecule has 1 fully saturated rings. The number of nitrogens with one attached hydrogen (secondary N) is 1. The van der Waals surface area contributed by atoms with Gasteiger partial charge >= 0.3 is 0 Å². The SMILES string of the molecule is CCS(=O)(=O)N1CCC(C(=O)NCc2nc(-c3cccc(C)c3)no2)CC1. The Labute approximate surface area is 159 Å². The third kappa shape index (κ3) is 4.72. The fraction of sp³-hybridized carbons (Fsp3) is 0.500. The van der Waals surface area contributed by atoms with Gasteiger partial charge in [0.2, 0.25) is 27.6 Å². The second kappa shape index (κ2) is 8.18. The number of hydrogen-bond acceptors (Lipinski definition) is 6. The van der Waals surface area contributed by atoms with Gasteiger partial charge in [0.1, 0.15) is 0 Å². The summed E-state index contributed by atoms with van der Waals surface area (Å²) in [6.07, 6.45) is 1.03. The maximum Gasteiger partial charge on any atom is 0.246 e. The lowest BCUT2D eigenvalue weighted by Crippen LogP contribution is -2.43. The zero-order chi connectivity index (χ0) is 19.4. The molecular formula is C18H24N4O4S. The zero-order valence-electron chi connectivity index (χ0n) is 15.5. The van der Waals surface area contributed by atoms with Gasteiger partial charge in [-0.2, -0.15) is 4.98 Å². The molecule has 27 heavy (non-hydrogen) atoms. The van der Waals surface area contributed by atoms with Crippen LogP contribution in [0.5, 0.6) is 0 Å². The monoisotopic (exact) mass is 392 g/mol. The van der Waals surface area contributed by atoms with Gasteiger partial charge in [-0.25, -0.2) is 12.7 Å². The number of sulfonamides is 1. The van der Waals surface area contributed by atoms with E-state index in [9.17, 15) is 13.2 Å². The Bertz CT molecular complexity index is 902. The smallest absolute Gasteiger partial charge is 0.246 e. The first-order valence-corrected chi connectivity index (χ1v) is 10.6. The molecule has 8 nitrogen and oxygen atoms in total. The summed E-state index contributed by atoms with van der Waals surface area (Å²) in [6, 6.07) is 7.78. The summed E-state index contributed by atoms with van der Waals surface area (Å²) in [7, 11) is -3.18. The summed E-state index contributed by atoms with van der Waals surface area (Å²) in [4.78, 5) is 16.7. The molecule has 1 aromatic heterocycles. The van der Waals surface area contributed by atoms with Gasteiger partial charge in [-0.3, -0.25) is 4.79 Å². The Kier molecular flexibility index (Phi) is 5.91. The van der Waals surface area contributed by atoms with Crippen LogP contribution in [0.3, 0.4) is 0 Å². The fourth-order valence-electron chi connectivity index (χ4n) is 3.11. The van der Waals surface area contributed by atoms with Crippen molar-refractivity contribution in [1.29, 1.82) is 0 Å². The maximum atomic E-state index is 12.3. The van der Waals surface area contributed by atoms with E-state index >= 15 is 0 Å². The van der Waals surface area contributed by atoms with Crippen molar-refractivity contribution in [3.8, 4) is 11.4 Å². The van der Waals surface area contributed by atoms with E-state index in [-0.39, 0.29) is 24.1 Å². The highest BCUT2D eigenvalue weighted by molar-refractivity contribution is 7.89. The molecule has 1 saturated heterocycles. The second-order valence-corrected chi connectivity index (χ2v) is 8.93. The number of carbonyl (C=O) groups excluding carboxylic acids is 1. The highest BCUT2D eigenvalue weighted by Crippen LogP contribution is 2.20. The summed E-state index contributed by atoms with van der Waals surface area (Å²) in [6.45, 7) is 4.54. The predicted octanol–water partition coefficient (Wildman–Crippen LogP) is 1.72. The van der Waals surface area contributed by atoms with Gasteiger partial charge in [0.25, 0.3) is 0 Å². The quantitative estimate of drug-likeness (QED) is 0.802. The van der Waals surface area contributed by atoms with Crippen LogP contribution in [0.1, 0.15) is 31.2 Å². The molecule has 3 rings (SSSR count). The van der Waals surface area contributed by atoms with Crippen molar-refractivity contribution in [2.45, 2.75) is 33.2 Å². The molecule has 2 heterocycles. The molecule has 146 valence electrons. The van der Waals surface area contributed by atoms with Crippen LogP contribution in [0.2, 0.25) is 0 Å². The van der Waals surface area contributed by atoms with Gasteiger partial charge < -0.3 is 9.84 Å². The molecule has 1 amide bonds. The lowest BCUT2D eigenvalue weighted by Gasteiger charge is -2.30. The number of benzene rings is 1. The Morgan fingerprint density at radius 3 is 2.74 bits per heavy atom. The molecule has 9 heteroatoms. The van der Waals surface area contributed by atoms with Gasteiger partial charge in [0.15, 0.2) is 0 Å². The van der Waals surface area contributed by atoms with Crippen molar-refractivity contribution < 1.29 is 17.7 Å². The van der Waals surface area contributed by atoms with E-state index in [4.69, 9.17) is 4.52 Å². The van der Waals surface area contributed by atoms with Crippen LogP contribution in [0.25, 0.3) is 11.4 Å². The Balaban J connectivity index is 1.52. The second-order valence-electron chi connectivity index (χ2n) is 6.67. The molecule has 0 aliphatic carbocycles. The number of amides is 1. The summed E-state index contributed by atoms with van der Waals surface area (Å²) < 4.78 is 30.4. The Morgan fingerprint density at radius 2 is 2.07 bits per heavy atom. The number of aryl methyl sites for hydroxylation is 1. The zero-order valence-corrected chi connectivity index (χ0v) is 16.3. The molecule has 0 unspecified atom stereocenters. The molecule has 0 radical (unpaired) electrons. The molecule has 0 spiro atoms. The molecule has 0 atom stereocenters. The summed E-state index contributed by atoms with van der Waals surface area (Å²) in [5.41, 5.74) is 1.96. The van der Waals surface area contributed by atoms with E-state index in [1.165, 1.54) is 4.31 Å². The van der Waals surface area contributed by atoms with Gasteiger partial charge in [-0.15, -0.1) is 0 Å². The normalized spacial score (nSPS) is 16.4. The summed E-state index contributed by atoms with van der Waals surface area (Å²) >= 11 is 0. The van der Waals surface area contributed by atoms with Crippen LogP contribution < -0.4 is 5.32 Å². The number of nitrogens with zero attached hydrogens (tertiary/aromatic N) is 3. The summed E-state index contributed by atoms with van der Waals surface area (Å²) in [5.74, 6) is 0.600. The molecular weight excluding hydrogens is 368 g/mol. The van der Waals surface area contributed by atoms with Gasteiger partial charge in [0.05, 0.1) is 12.3 Å². The van der Waals surface area contributed by atoms with Crippen LogP contribution in [0, 0.1) is 12.8 Å². The first-order chi connectivity index (χ1) is 12.9. The van der Waals surface area contributed by atoms with Crippen molar-refractivity contribution in [1.82, 2.24) is 19.8 Å². The average molecular weight is 392 g/mol. The molecule has 1 aromatic carbocycles. The predicted molar refractivity (Wildman–Crippen MR) is 100 cm³/mol. The topological polar surface area (TPSA) is 105 Å². The van der Waals surface area contributed by atoms with Crippen LogP contribution in [-0.4, -0.2) is 47.6 Å². The Hall–Kier alpha value is -2.26. The highest BCUT2D eigenvalue weighted by Gasteiger charge is 2.30. The van der Waals surface area contributed by atoms with E-state index in [0.29, 0.717) is 37.6 Å². The van der Waals surface area contributed by atoms with Gasteiger partial charge in [0, 0.05) is 24.6 Å². The third-order valence-corrected chi connectivity index (χ3v) is 6.62. The number of hydrogen-bond donors (Lipinski definition) is 1. The molecule has 1 aliphatic heterocycles. The molecule has 2 aromatic rings. The van der Waals surface area contributed by atoms with Crippen LogP contribution >= 0.6 is 0 Å². The van der Waals surface area contributed by atoms with Crippen LogP contribution in [0.4, 0.5) is 0 Å². The number of piperidine rings is 1. The molecule has 0 bridgehead atoms. The van der Waals surface area contributed by atoms with Crippen molar-refractivity contribution in [2.75, 3.05) is 18.8 Å². The van der Waals surface area contributed by atoms with E-state index in [1.54, 1.807) is 6.92 Å². The summed E-state index contributed by atoms with van der Waals surface area (Å²) in [5, 5.41) is 6.76. The highest BCUT2D eigenvalue weighted by atomic mass is 32.2. The Morgan fingerprint density at radius 1 is 1.33 bits per heavy atom. The maximum absolute atomic E-state index is 12.3. The molecule has 0 saturated carbocycles. The van der Waals surface area contributed by atoms with Crippen LogP contribution in [0.15, 0.2) is 28.8 Å². The van der Waals surface area contributed by atoms with E-state index in [1.807, 2.05) is 31.2 Å². The van der Waals surface area contributed by atoms with Crippen molar-refractivity contribution in [2.24, 2.45) is 5.92 Å². The molecule has 1 aliphatic rings. The third-order valence-electron chi connectivity index (χ3n) is 4.74. The number of rotatable bonds is 6. The minimum Gasteiger partial charge on any atom is -0.347 e. The number of aromatic nitrogens is 2.